The predicted octanol–water partition coefficient (Wildman–Crippen LogP) is 0.907. The van der Waals surface area contributed by atoms with Crippen molar-refractivity contribution >= 4 is 11.5 Å². The maximum absolute atomic E-state index is 11.0. The molecule has 1 unspecified atom stereocenters. The number of hydrogen-bond donors (Lipinski definition) is 1. The van der Waals surface area contributed by atoms with E-state index in [1.807, 2.05) is 11.8 Å². The van der Waals surface area contributed by atoms with Gasteiger partial charge in [-0.25, -0.2) is 0 Å². The number of likely N-dealkylation sites (N-methyl/N-ethyl adjacent to an activating group) is 1. The molecular weight excluding hydrogens is 234 g/mol. The van der Waals surface area contributed by atoms with Crippen LogP contribution in [0.25, 0.3) is 0 Å². The highest BCUT2D eigenvalue weighted by Crippen LogP contribution is 2.28. The van der Waals surface area contributed by atoms with Gasteiger partial charge in [0.05, 0.1) is 4.92 Å². The van der Waals surface area contributed by atoms with E-state index in [4.69, 9.17) is 0 Å². The van der Waals surface area contributed by atoms with Gasteiger partial charge in [-0.3, -0.25) is 14.8 Å². The van der Waals surface area contributed by atoms with Crippen molar-refractivity contribution < 1.29 is 4.92 Å². The molecule has 1 aliphatic heterocycles. The van der Waals surface area contributed by atoms with Crippen LogP contribution in [0.1, 0.15) is 19.8 Å². The van der Waals surface area contributed by atoms with Gasteiger partial charge < -0.3 is 10.2 Å². The minimum Gasteiger partial charge on any atom is -0.345 e. The molecule has 1 N–H and O–H groups in total. The molecule has 1 aromatic rings. The first kappa shape index (κ1) is 12.8. The average molecular weight is 253 g/mol. The lowest BCUT2D eigenvalue weighted by atomic mass is 10.1. The summed E-state index contributed by atoms with van der Waals surface area (Å²) in [6, 6.07) is 0.289. The van der Waals surface area contributed by atoms with Gasteiger partial charge in [-0.1, -0.05) is 0 Å². The molecule has 2 rings (SSSR count). The Morgan fingerprint density at radius 2 is 2.50 bits per heavy atom. The summed E-state index contributed by atoms with van der Waals surface area (Å²) >= 11 is 0. The minimum absolute atomic E-state index is 0.0879. The van der Waals surface area contributed by atoms with E-state index < -0.39 is 0 Å². The summed E-state index contributed by atoms with van der Waals surface area (Å²) in [6.07, 6.45) is 3.62. The van der Waals surface area contributed by atoms with Crippen LogP contribution in [0.15, 0.2) is 6.20 Å². The van der Waals surface area contributed by atoms with Crippen LogP contribution in [0.4, 0.5) is 11.5 Å². The van der Waals surface area contributed by atoms with E-state index in [9.17, 15) is 10.1 Å². The van der Waals surface area contributed by atoms with Crippen LogP contribution >= 0.6 is 0 Å². The zero-order chi connectivity index (χ0) is 13.1. The second-order valence-electron chi connectivity index (χ2n) is 4.55. The molecule has 18 heavy (non-hydrogen) atoms. The smallest absolute Gasteiger partial charge is 0.330 e. The Labute approximate surface area is 106 Å². The molecule has 7 heteroatoms. The Balaban J connectivity index is 2.28. The van der Waals surface area contributed by atoms with Crippen molar-refractivity contribution in [2.45, 2.75) is 25.8 Å². The van der Waals surface area contributed by atoms with Crippen LogP contribution in [-0.4, -0.2) is 40.4 Å². The quantitative estimate of drug-likeness (QED) is 0.637. The van der Waals surface area contributed by atoms with Gasteiger partial charge in [0.15, 0.2) is 0 Å². The molecule has 0 amide bonds. The van der Waals surface area contributed by atoms with Crippen molar-refractivity contribution in [1.29, 1.82) is 0 Å². The summed E-state index contributed by atoms with van der Waals surface area (Å²) in [5.41, 5.74) is 0.0879. The lowest BCUT2D eigenvalue weighted by Crippen LogP contribution is -2.46. The summed E-state index contributed by atoms with van der Waals surface area (Å²) in [5, 5.41) is 18.6. The van der Waals surface area contributed by atoms with Crippen LogP contribution in [-0.2, 0) is 7.05 Å². The van der Waals surface area contributed by atoms with Crippen LogP contribution in [0.5, 0.6) is 0 Å². The average Bonchev–Trinajstić information content (AvgIpc) is 2.74. The fourth-order valence-corrected chi connectivity index (χ4v) is 2.48. The van der Waals surface area contributed by atoms with E-state index in [-0.39, 0.29) is 16.7 Å². The van der Waals surface area contributed by atoms with E-state index in [0.717, 1.165) is 32.5 Å². The Hall–Kier alpha value is -1.63. The summed E-state index contributed by atoms with van der Waals surface area (Å²) < 4.78 is 1.51. The molecule has 100 valence electrons. The Bertz CT molecular complexity index is 425. The minimum atomic E-state index is -0.360. The number of nitrogens with zero attached hydrogens (tertiary/aromatic N) is 4. The van der Waals surface area contributed by atoms with E-state index >= 15 is 0 Å². The van der Waals surface area contributed by atoms with E-state index in [2.05, 4.69) is 10.4 Å². The molecule has 0 aromatic carbocycles. The summed E-state index contributed by atoms with van der Waals surface area (Å²) in [6.45, 7) is 4.62. The number of anilines is 1. The standard InChI is InChI=1S/C11H19N5O2/c1-3-15(9-5-4-6-12-7-9)11-10(16(17)18)8-14(2)13-11/h8-9,12H,3-7H2,1-2H3. The number of hydrogen-bond acceptors (Lipinski definition) is 5. The van der Waals surface area contributed by atoms with Crippen LogP contribution in [0, 0.1) is 10.1 Å². The third-order valence-electron chi connectivity index (χ3n) is 3.31. The monoisotopic (exact) mass is 253 g/mol. The Kier molecular flexibility index (Phi) is 3.81. The second kappa shape index (κ2) is 5.34. The van der Waals surface area contributed by atoms with Crippen LogP contribution in [0.3, 0.4) is 0 Å². The molecular formula is C11H19N5O2. The first-order valence-electron chi connectivity index (χ1n) is 6.29. The molecule has 0 saturated carbocycles. The highest BCUT2D eigenvalue weighted by Gasteiger charge is 2.28. The van der Waals surface area contributed by atoms with Crippen molar-refractivity contribution in [3.05, 3.63) is 16.3 Å². The number of aromatic nitrogens is 2. The zero-order valence-corrected chi connectivity index (χ0v) is 10.8. The van der Waals surface area contributed by atoms with Gasteiger partial charge in [0.25, 0.3) is 0 Å². The summed E-state index contributed by atoms with van der Waals surface area (Å²) in [7, 11) is 1.71. The number of nitro groups is 1. The van der Waals surface area contributed by atoms with Gasteiger partial charge in [0.1, 0.15) is 6.20 Å². The Morgan fingerprint density at radius 3 is 3.06 bits per heavy atom. The number of aryl methyl sites for hydroxylation is 1. The van der Waals surface area contributed by atoms with Crippen LogP contribution < -0.4 is 10.2 Å². The van der Waals surface area contributed by atoms with Crippen LogP contribution in [0.2, 0.25) is 0 Å². The maximum Gasteiger partial charge on any atom is 0.330 e. The lowest BCUT2D eigenvalue weighted by molar-refractivity contribution is -0.384. The maximum atomic E-state index is 11.0. The van der Waals surface area contributed by atoms with Crippen molar-refractivity contribution in [2.75, 3.05) is 24.5 Å². The van der Waals surface area contributed by atoms with Crippen molar-refractivity contribution in [3.63, 3.8) is 0 Å². The molecule has 0 aliphatic carbocycles. The SMILES string of the molecule is CCN(c1nn(C)cc1[N+](=O)[O-])C1CCCNC1. The molecule has 1 fully saturated rings. The van der Waals surface area contributed by atoms with E-state index in [1.165, 1.54) is 10.9 Å². The summed E-state index contributed by atoms with van der Waals surface area (Å²) in [4.78, 5) is 12.7. The number of piperidine rings is 1. The molecule has 7 nitrogen and oxygen atoms in total. The van der Waals surface area contributed by atoms with Gasteiger partial charge >= 0.3 is 5.69 Å². The van der Waals surface area contributed by atoms with Gasteiger partial charge in [0.2, 0.25) is 5.82 Å². The van der Waals surface area contributed by atoms with E-state index in [0.29, 0.717) is 5.82 Å². The van der Waals surface area contributed by atoms with E-state index in [1.54, 1.807) is 7.05 Å². The number of nitrogens with one attached hydrogen (secondary N) is 1. The zero-order valence-electron chi connectivity index (χ0n) is 10.8. The topological polar surface area (TPSA) is 76.2 Å². The third-order valence-corrected chi connectivity index (χ3v) is 3.31. The van der Waals surface area contributed by atoms with Gasteiger partial charge in [-0.15, -0.1) is 5.10 Å². The molecule has 1 saturated heterocycles. The van der Waals surface area contributed by atoms with Gasteiger partial charge in [-0.05, 0) is 26.3 Å². The second-order valence-corrected chi connectivity index (χ2v) is 4.55. The van der Waals surface area contributed by atoms with Gasteiger partial charge in [-0.2, -0.15) is 0 Å². The molecule has 0 bridgehead atoms. The normalized spacial score (nSPS) is 19.8. The first-order chi connectivity index (χ1) is 8.63. The highest BCUT2D eigenvalue weighted by molar-refractivity contribution is 5.57. The molecule has 1 atom stereocenters. The molecule has 1 aliphatic rings. The number of rotatable bonds is 4. The summed E-state index contributed by atoms with van der Waals surface area (Å²) in [5.74, 6) is 0.485. The largest absolute Gasteiger partial charge is 0.345 e. The van der Waals surface area contributed by atoms with Crippen molar-refractivity contribution in [1.82, 2.24) is 15.1 Å². The van der Waals surface area contributed by atoms with Crippen molar-refractivity contribution in [2.24, 2.45) is 7.05 Å². The fraction of sp³-hybridized carbons (Fsp3) is 0.727. The van der Waals surface area contributed by atoms with Gasteiger partial charge in [0, 0.05) is 26.2 Å². The molecule has 0 spiro atoms. The fourth-order valence-electron chi connectivity index (χ4n) is 2.48. The lowest BCUT2D eigenvalue weighted by Gasteiger charge is -2.33. The molecule has 2 heterocycles. The molecule has 1 aromatic heterocycles. The first-order valence-corrected chi connectivity index (χ1v) is 6.29. The Morgan fingerprint density at radius 1 is 1.72 bits per heavy atom. The van der Waals surface area contributed by atoms with Crippen molar-refractivity contribution in [3.8, 4) is 0 Å². The predicted molar refractivity (Wildman–Crippen MR) is 68.8 cm³/mol. The molecule has 0 radical (unpaired) electrons. The third kappa shape index (κ3) is 2.45. The highest BCUT2D eigenvalue weighted by atomic mass is 16.6.